The second-order valence-electron chi connectivity index (χ2n) is 6.61. The van der Waals surface area contributed by atoms with E-state index in [1.807, 2.05) is 18.2 Å². The molecule has 28 heavy (non-hydrogen) atoms. The predicted molar refractivity (Wildman–Crippen MR) is 109 cm³/mol. The van der Waals surface area contributed by atoms with Crippen LogP contribution < -0.4 is 10.2 Å². The Labute approximate surface area is 164 Å². The minimum absolute atomic E-state index is 0.199. The molecule has 0 fully saturated rings. The van der Waals surface area contributed by atoms with Gasteiger partial charge < -0.3 is 10.2 Å². The fourth-order valence-corrected chi connectivity index (χ4v) is 2.76. The van der Waals surface area contributed by atoms with E-state index in [0.29, 0.717) is 23.6 Å². The van der Waals surface area contributed by atoms with Crippen molar-refractivity contribution < 1.29 is 4.79 Å². The fraction of sp³-hybridized carbons (Fsp3) is 0.182. The van der Waals surface area contributed by atoms with E-state index in [1.165, 1.54) is 11.9 Å². The second-order valence-corrected chi connectivity index (χ2v) is 6.61. The minimum Gasteiger partial charge on any atom is -0.350 e. The molecule has 0 aliphatic heterocycles. The van der Waals surface area contributed by atoms with Gasteiger partial charge in [-0.15, -0.1) is 0 Å². The normalized spacial score (nSPS) is 10.4. The van der Waals surface area contributed by atoms with Crippen LogP contribution in [-0.4, -0.2) is 21.9 Å². The highest BCUT2D eigenvalue weighted by Crippen LogP contribution is 2.19. The Balaban J connectivity index is 1.79. The van der Waals surface area contributed by atoms with Gasteiger partial charge in [0.15, 0.2) is 0 Å². The Morgan fingerprint density at radius 3 is 2.46 bits per heavy atom. The van der Waals surface area contributed by atoms with E-state index in [4.69, 9.17) is 5.26 Å². The molecular formula is C22H21N5O. The number of carbonyl (C=O) groups excluding carboxylic acids is 1. The first-order valence-corrected chi connectivity index (χ1v) is 9.01. The summed E-state index contributed by atoms with van der Waals surface area (Å²) in [5, 5.41) is 11.7. The second kappa shape index (κ2) is 8.78. The van der Waals surface area contributed by atoms with E-state index in [0.717, 1.165) is 0 Å². The SMILES string of the molecule is CC(C)N(Cc1ccccc1)c1cc(C(=O)Nc2ccc(C#N)cc2)ncn1. The lowest BCUT2D eigenvalue weighted by Crippen LogP contribution is -2.31. The number of hydrogen-bond donors (Lipinski definition) is 1. The molecule has 0 unspecified atom stereocenters. The summed E-state index contributed by atoms with van der Waals surface area (Å²) in [6.45, 7) is 4.86. The van der Waals surface area contributed by atoms with Crippen molar-refractivity contribution in [3.05, 3.63) is 83.8 Å². The van der Waals surface area contributed by atoms with Crippen LogP contribution in [0, 0.1) is 11.3 Å². The Morgan fingerprint density at radius 2 is 1.82 bits per heavy atom. The zero-order valence-electron chi connectivity index (χ0n) is 15.8. The van der Waals surface area contributed by atoms with Crippen LogP contribution in [0.5, 0.6) is 0 Å². The van der Waals surface area contributed by atoms with Gasteiger partial charge in [-0.05, 0) is 43.7 Å². The first-order valence-electron chi connectivity index (χ1n) is 9.01. The molecule has 3 aromatic rings. The molecule has 1 heterocycles. The molecular weight excluding hydrogens is 350 g/mol. The Kier molecular flexibility index (Phi) is 5.97. The number of nitrogens with one attached hydrogen (secondary N) is 1. The predicted octanol–water partition coefficient (Wildman–Crippen LogP) is 4.02. The number of nitriles is 1. The molecule has 6 nitrogen and oxygen atoms in total. The van der Waals surface area contributed by atoms with Crippen LogP contribution in [0.2, 0.25) is 0 Å². The van der Waals surface area contributed by atoms with Gasteiger partial charge in [0.1, 0.15) is 17.8 Å². The van der Waals surface area contributed by atoms with Gasteiger partial charge >= 0.3 is 0 Å². The third-order valence-corrected chi connectivity index (χ3v) is 4.27. The summed E-state index contributed by atoms with van der Waals surface area (Å²) >= 11 is 0. The van der Waals surface area contributed by atoms with E-state index in [2.05, 4.69) is 52.2 Å². The maximum atomic E-state index is 12.6. The molecule has 0 aliphatic rings. The van der Waals surface area contributed by atoms with Crippen molar-refractivity contribution in [2.24, 2.45) is 0 Å². The molecule has 0 saturated heterocycles. The van der Waals surface area contributed by atoms with Crippen LogP contribution >= 0.6 is 0 Å². The smallest absolute Gasteiger partial charge is 0.274 e. The largest absolute Gasteiger partial charge is 0.350 e. The van der Waals surface area contributed by atoms with Gasteiger partial charge in [-0.2, -0.15) is 5.26 Å². The third kappa shape index (κ3) is 4.71. The number of carbonyl (C=O) groups is 1. The summed E-state index contributed by atoms with van der Waals surface area (Å²) in [6.07, 6.45) is 1.41. The highest BCUT2D eigenvalue weighted by Gasteiger charge is 2.16. The van der Waals surface area contributed by atoms with Crippen molar-refractivity contribution in [1.29, 1.82) is 5.26 Å². The Morgan fingerprint density at radius 1 is 1.11 bits per heavy atom. The quantitative estimate of drug-likeness (QED) is 0.708. The van der Waals surface area contributed by atoms with Gasteiger partial charge in [-0.1, -0.05) is 30.3 Å². The molecule has 1 amide bonds. The van der Waals surface area contributed by atoms with Gasteiger partial charge in [0.05, 0.1) is 11.6 Å². The van der Waals surface area contributed by atoms with Gasteiger partial charge in [-0.3, -0.25) is 4.79 Å². The molecule has 1 N–H and O–H groups in total. The van der Waals surface area contributed by atoms with Crippen LogP contribution in [0.4, 0.5) is 11.5 Å². The standard InChI is InChI=1S/C22H21N5O/c1-16(2)27(14-18-6-4-3-5-7-18)21-12-20(24-15-25-21)22(28)26-19-10-8-17(13-23)9-11-19/h3-12,15-16H,14H2,1-2H3,(H,26,28). The van der Waals surface area contributed by atoms with Crippen molar-refractivity contribution in [1.82, 2.24) is 9.97 Å². The lowest BCUT2D eigenvalue weighted by Gasteiger charge is -2.28. The number of benzene rings is 2. The molecule has 0 atom stereocenters. The van der Waals surface area contributed by atoms with E-state index < -0.39 is 0 Å². The van der Waals surface area contributed by atoms with Gasteiger partial charge in [0.25, 0.3) is 5.91 Å². The summed E-state index contributed by atoms with van der Waals surface area (Å²) in [5.41, 5.74) is 2.59. The van der Waals surface area contributed by atoms with Gasteiger partial charge in [0.2, 0.25) is 0 Å². The van der Waals surface area contributed by atoms with Crippen molar-refractivity contribution in [3.63, 3.8) is 0 Å². The average molecular weight is 371 g/mol. The number of anilines is 2. The number of amides is 1. The molecule has 0 radical (unpaired) electrons. The minimum atomic E-state index is -0.322. The van der Waals surface area contributed by atoms with Crippen molar-refractivity contribution in [2.75, 3.05) is 10.2 Å². The Bertz CT molecular complexity index is 978. The number of nitrogens with zero attached hydrogens (tertiary/aromatic N) is 4. The highest BCUT2D eigenvalue weighted by atomic mass is 16.1. The summed E-state index contributed by atoms with van der Waals surface area (Å²) in [4.78, 5) is 23.2. The summed E-state index contributed by atoms with van der Waals surface area (Å²) in [7, 11) is 0. The summed E-state index contributed by atoms with van der Waals surface area (Å²) < 4.78 is 0. The molecule has 2 aromatic carbocycles. The van der Waals surface area contributed by atoms with Gasteiger partial charge in [-0.25, -0.2) is 9.97 Å². The number of hydrogen-bond acceptors (Lipinski definition) is 5. The topological polar surface area (TPSA) is 81.9 Å². The maximum absolute atomic E-state index is 12.6. The van der Waals surface area contributed by atoms with Crippen molar-refractivity contribution in [3.8, 4) is 6.07 Å². The zero-order valence-corrected chi connectivity index (χ0v) is 15.8. The number of rotatable bonds is 6. The molecule has 140 valence electrons. The molecule has 0 spiro atoms. The maximum Gasteiger partial charge on any atom is 0.274 e. The molecule has 0 bridgehead atoms. The van der Waals surface area contributed by atoms with Crippen LogP contribution in [-0.2, 0) is 6.54 Å². The van der Waals surface area contributed by atoms with Crippen LogP contribution in [0.1, 0.15) is 35.5 Å². The first-order chi connectivity index (χ1) is 13.6. The van der Waals surface area contributed by atoms with E-state index in [1.54, 1.807) is 30.3 Å². The molecule has 0 saturated carbocycles. The molecule has 0 aliphatic carbocycles. The van der Waals surface area contributed by atoms with Crippen LogP contribution in [0.3, 0.4) is 0 Å². The average Bonchev–Trinajstić information content (AvgIpc) is 2.73. The third-order valence-electron chi connectivity index (χ3n) is 4.27. The van der Waals surface area contributed by atoms with Gasteiger partial charge in [0, 0.05) is 24.3 Å². The summed E-state index contributed by atoms with van der Waals surface area (Å²) in [6, 6.07) is 20.8. The van der Waals surface area contributed by atoms with Crippen LogP contribution in [0.25, 0.3) is 0 Å². The van der Waals surface area contributed by atoms with Crippen molar-refractivity contribution in [2.45, 2.75) is 26.4 Å². The van der Waals surface area contributed by atoms with Crippen LogP contribution in [0.15, 0.2) is 67.0 Å². The van der Waals surface area contributed by atoms with E-state index >= 15 is 0 Å². The number of aromatic nitrogens is 2. The molecule has 3 rings (SSSR count). The lowest BCUT2D eigenvalue weighted by atomic mass is 10.2. The fourth-order valence-electron chi connectivity index (χ4n) is 2.76. The zero-order chi connectivity index (χ0) is 19.9. The van der Waals surface area contributed by atoms with E-state index in [-0.39, 0.29) is 17.6 Å². The van der Waals surface area contributed by atoms with E-state index in [9.17, 15) is 4.79 Å². The highest BCUT2D eigenvalue weighted by molar-refractivity contribution is 6.03. The summed E-state index contributed by atoms with van der Waals surface area (Å²) in [5.74, 6) is 0.371. The first kappa shape index (κ1) is 19.1. The molecule has 6 heteroatoms. The van der Waals surface area contributed by atoms with Crippen molar-refractivity contribution >= 4 is 17.4 Å². The molecule has 1 aromatic heterocycles. The lowest BCUT2D eigenvalue weighted by molar-refractivity contribution is 0.102. The monoisotopic (exact) mass is 371 g/mol. The Hall–Kier alpha value is -3.72.